The van der Waals surface area contributed by atoms with Crippen LogP contribution in [0, 0.1) is 17.3 Å². The van der Waals surface area contributed by atoms with Gasteiger partial charge in [0.15, 0.2) is 11.5 Å². The number of benzene rings is 1. The first-order valence-electron chi connectivity index (χ1n) is 9.20. The number of phosphoric ester groups is 1. The Morgan fingerprint density at radius 2 is 1.84 bits per heavy atom. The second-order valence-corrected chi connectivity index (χ2v) is 9.94. The maximum Gasteiger partial charge on any atom is 0.647 e. The van der Waals surface area contributed by atoms with Gasteiger partial charge in [-0.15, -0.1) is 0 Å². The highest BCUT2D eigenvalue weighted by molar-refractivity contribution is 7.50. The molecule has 134 valence electrons. The van der Waals surface area contributed by atoms with E-state index in [1.54, 1.807) is 0 Å². The molecule has 2 heterocycles. The Morgan fingerprint density at radius 3 is 2.68 bits per heavy atom. The third kappa shape index (κ3) is 1.59. The second kappa shape index (κ2) is 4.29. The third-order valence-corrected chi connectivity index (χ3v) is 8.79. The van der Waals surface area contributed by atoms with E-state index in [0.717, 1.165) is 49.7 Å². The third-order valence-electron chi connectivity index (χ3n) is 7.58. The van der Waals surface area contributed by atoms with Crippen molar-refractivity contribution in [2.45, 2.75) is 57.5 Å². The first-order valence-corrected chi connectivity index (χ1v) is 10.7. The molecule has 6 rings (SSSR count). The largest absolute Gasteiger partial charge is 0.647 e. The summed E-state index contributed by atoms with van der Waals surface area (Å²) in [5.74, 6) is 2.13. The van der Waals surface area contributed by atoms with Crippen LogP contribution >= 0.6 is 7.82 Å². The molecule has 7 heteroatoms. The molecule has 2 aliphatic heterocycles. The molecular weight excluding hydrogens is 343 g/mol. The van der Waals surface area contributed by atoms with Gasteiger partial charge in [-0.05, 0) is 61.7 Å². The van der Waals surface area contributed by atoms with Crippen LogP contribution in [0.25, 0.3) is 0 Å². The molecule has 2 saturated carbocycles. The van der Waals surface area contributed by atoms with Crippen LogP contribution in [0.1, 0.15) is 56.1 Å². The lowest BCUT2D eigenvalue weighted by Gasteiger charge is -2.50. The first-order chi connectivity index (χ1) is 11.9. The molecule has 6 nitrogen and oxygen atoms in total. The minimum absolute atomic E-state index is 0.00488. The lowest BCUT2D eigenvalue weighted by atomic mass is 9.55. The van der Waals surface area contributed by atoms with Crippen molar-refractivity contribution in [1.29, 1.82) is 0 Å². The quantitative estimate of drug-likeness (QED) is 0.680. The smallest absolute Gasteiger partial charge is 0.502 e. The number of phosphoric acid groups is 1. The summed E-state index contributed by atoms with van der Waals surface area (Å²) < 4.78 is 28.8. The number of aliphatic hydroxyl groups excluding tert-OH is 1. The highest BCUT2D eigenvalue weighted by Crippen LogP contribution is 2.74. The van der Waals surface area contributed by atoms with Crippen LogP contribution in [0.4, 0.5) is 0 Å². The summed E-state index contributed by atoms with van der Waals surface area (Å²) >= 11 is 0. The highest BCUT2D eigenvalue weighted by atomic mass is 31.2. The number of phenols is 1. The van der Waals surface area contributed by atoms with Gasteiger partial charge in [0, 0.05) is 11.1 Å². The Labute approximate surface area is 145 Å². The summed E-state index contributed by atoms with van der Waals surface area (Å²) in [6, 6.07) is 0. The van der Waals surface area contributed by atoms with E-state index in [4.69, 9.17) is 13.6 Å². The van der Waals surface area contributed by atoms with Gasteiger partial charge in [0.05, 0.1) is 6.10 Å². The van der Waals surface area contributed by atoms with E-state index in [2.05, 4.69) is 6.92 Å². The van der Waals surface area contributed by atoms with Crippen LogP contribution in [-0.4, -0.2) is 16.3 Å². The zero-order valence-electron chi connectivity index (χ0n) is 14.0. The van der Waals surface area contributed by atoms with E-state index in [0.29, 0.717) is 23.3 Å². The normalized spacial score (nSPS) is 45.0. The van der Waals surface area contributed by atoms with Gasteiger partial charge in [-0.3, -0.25) is 0 Å². The number of aromatic hydroxyl groups is 1. The highest BCUT2D eigenvalue weighted by Gasteiger charge is 2.58. The molecule has 1 unspecified atom stereocenters. The van der Waals surface area contributed by atoms with E-state index in [1.165, 1.54) is 0 Å². The molecule has 3 aliphatic carbocycles. The summed E-state index contributed by atoms with van der Waals surface area (Å²) in [7, 11) is -3.65. The Hall–Kier alpha value is -1.39. The Balaban J connectivity index is 1.52. The van der Waals surface area contributed by atoms with E-state index in [-0.39, 0.29) is 28.9 Å². The maximum absolute atomic E-state index is 12.5. The van der Waals surface area contributed by atoms with Crippen molar-refractivity contribution >= 4 is 7.82 Å². The number of aliphatic hydroxyl groups is 1. The predicted octanol–water partition coefficient (Wildman–Crippen LogP) is 3.88. The lowest BCUT2D eigenvalue weighted by Crippen LogP contribution is -2.44. The molecule has 0 radical (unpaired) electrons. The van der Waals surface area contributed by atoms with Crippen molar-refractivity contribution in [3.05, 3.63) is 11.1 Å². The standard InChI is InChI=1S/C18H21O6P/c1-18-7-6-9-8(11(18)4-5-12(18)19)2-3-10-13(9)16-17-14(20)15(10)22-25(21,23-16)24-17/h8-9,11-12,19-20H,2-7H2,1H3/t8-,9-,11-,12-,18-,25?/m0/s1. The van der Waals surface area contributed by atoms with Crippen LogP contribution in [0.15, 0.2) is 0 Å². The lowest BCUT2D eigenvalue weighted by molar-refractivity contribution is -0.0228. The van der Waals surface area contributed by atoms with Crippen LogP contribution in [0.3, 0.4) is 0 Å². The molecule has 0 saturated heterocycles. The van der Waals surface area contributed by atoms with Gasteiger partial charge >= 0.3 is 7.82 Å². The number of hydrogen-bond donors (Lipinski definition) is 2. The second-order valence-electron chi connectivity index (χ2n) is 8.50. The van der Waals surface area contributed by atoms with Gasteiger partial charge < -0.3 is 23.8 Å². The molecule has 5 aliphatic rings. The average Bonchev–Trinajstić information content (AvgIpc) is 3.00. The molecule has 2 N–H and O–H groups in total. The summed E-state index contributed by atoms with van der Waals surface area (Å²) in [6.07, 6.45) is 5.46. The summed E-state index contributed by atoms with van der Waals surface area (Å²) in [5, 5.41) is 20.9. The van der Waals surface area contributed by atoms with Crippen molar-refractivity contribution in [1.82, 2.24) is 0 Å². The van der Waals surface area contributed by atoms with Crippen molar-refractivity contribution in [2.75, 3.05) is 0 Å². The minimum atomic E-state index is -3.65. The fraction of sp³-hybridized carbons (Fsp3) is 0.667. The van der Waals surface area contributed by atoms with Gasteiger partial charge in [0.1, 0.15) is 0 Å². The molecule has 2 fully saturated rings. The fourth-order valence-corrected chi connectivity index (χ4v) is 7.70. The van der Waals surface area contributed by atoms with Gasteiger partial charge in [-0.25, -0.2) is 0 Å². The monoisotopic (exact) mass is 364 g/mol. The zero-order valence-corrected chi connectivity index (χ0v) is 14.9. The number of fused-ring (bicyclic) bond motifs is 9. The van der Waals surface area contributed by atoms with Crippen molar-refractivity contribution in [3.63, 3.8) is 0 Å². The fourth-order valence-electron chi connectivity index (χ4n) is 6.37. The summed E-state index contributed by atoms with van der Waals surface area (Å²) in [6.45, 7) is 2.24. The number of hydrogen-bond acceptors (Lipinski definition) is 6. The van der Waals surface area contributed by atoms with Crippen molar-refractivity contribution in [3.8, 4) is 23.0 Å². The average molecular weight is 364 g/mol. The molecular formula is C18H21O6P. The summed E-state index contributed by atoms with van der Waals surface area (Å²) in [4.78, 5) is 0. The molecule has 0 aromatic heterocycles. The van der Waals surface area contributed by atoms with Crippen LogP contribution in [-0.2, 0) is 11.0 Å². The van der Waals surface area contributed by atoms with E-state index < -0.39 is 7.82 Å². The molecule has 25 heavy (non-hydrogen) atoms. The minimum Gasteiger partial charge on any atom is -0.502 e. The maximum atomic E-state index is 12.5. The predicted molar refractivity (Wildman–Crippen MR) is 88.2 cm³/mol. The molecule has 0 amide bonds. The van der Waals surface area contributed by atoms with E-state index in [1.807, 2.05) is 0 Å². The number of phenolic OH excluding ortho intramolecular Hbond substituents is 1. The molecule has 1 aromatic rings. The zero-order chi connectivity index (χ0) is 17.1. The van der Waals surface area contributed by atoms with Gasteiger partial charge in [0.2, 0.25) is 11.5 Å². The van der Waals surface area contributed by atoms with Gasteiger partial charge in [-0.1, -0.05) is 6.92 Å². The SMILES string of the molecule is C[C@]12CC[C@@H]3c4c(c5c(O)c6c4OP(=O)(O5)O6)CC[C@@H]3[C@@H]1CC[C@@H]2O. The van der Waals surface area contributed by atoms with Crippen LogP contribution in [0.5, 0.6) is 23.0 Å². The Kier molecular flexibility index (Phi) is 2.53. The number of rotatable bonds is 0. The summed E-state index contributed by atoms with van der Waals surface area (Å²) in [5.41, 5.74) is 1.99. The van der Waals surface area contributed by atoms with Gasteiger partial charge in [0.25, 0.3) is 0 Å². The molecule has 3 bridgehead atoms. The molecule has 6 atom stereocenters. The van der Waals surface area contributed by atoms with Crippen LogP contribution < -0.4 is 13.6 Å². The molecule has 0 spiro atoms. The Bertz CT molecular complexity index is 866. The topological polar surface area (TPSA) is 85.2 Å². The van der Waals surface area contributed by atoms with E-state index in [9.17, 15) is 14.8 Å². The van der Waals surface area contributed by atoms with Crippen molar-refractivity contribution < 1.29 is 28.3 Å². The van der Waals surface area contributed by atoms with Gasteiger partial charge in [-0.2, -0.15) is 4.57 Å². The first kappa shape index (κ1) is 14.7. The Morgan fingerprint density at radius 1 is 1.08 bits per heavy atom. The van der Waals surface area contributed by atoms with E-state index >= 15 is 0 Å². The molecule has 1 aromatic carbocycles. The van der Waals surface area contributed by atoms with Crippen LogP contribution in [0.2, 0.25) is 0 Å². The van der Waals surface area contributed by atoms with Crippen molar-refractivity contribution in [2.24, 2.45) is 17.3 Å².